The van der Waals surface area contributed by atoms with E-state index in [1.165, 1.54) is 12.3 Å². The minimum Gasteiger partial charge on any atom is -0.382 e. The van der Waals surface area contributed by atoms with Crippen LogP contribution in [0.3, 0.4) is 0 Å². The van der Waals surface area contributed by atoms with E-state index in [0.29, 0.717) is 44.1 Å². The molecule has 6 aromatic heterocycles. The highest BCUT2D eigenvalue weighted by Gasteiger charge is 2.21. The van der Waals surface area contributed by atoms with Gasteiger partial charge >= 0.3 is 0 Å². The first-order valence-corrected chi connectivity index (χ1v) is 11.6. The van der Waals surface area contributed by atoms with Crippen LogP contribution in [-0.2, 0) is 0 Å². The van der Waals surface area contributed by atoms with Crippen molar-refractivity contribution in [2.24, 2.45) is 0 Å². The van der Waals surface area contributed by atoms with Crippen LogP contribution >= 0.6 is 11.3 Å². The van der Waals surface area contributed by atoms with E-state index >= 15 is 4.39 Å². The predicted octanol–water partition coefficient (Wildman–Crippen LogP) is 5.79. The van der Waals surface area contributed by atoms with E-state index in [-0.39, 0.29) is 22.3 Å². The van der Waals surface area contributed by atoms with Gasteiger partial charge in [0.15, 0.2) is 16.8 Å². The Bertz CT molecular complexity index is 1700. The molecular weight excluding hydrogens is 470 g/mol. The van der Waals surface area contributed by atoms with Crippen molar-refractivity contribution < 1.29 is 8.78 Å². The van der Waals surface area contributed by atoms with Crippen LogP contribution in [0.4, 0.5) is 14.5 Å². The molecule has 0 fully saturated rings. The molecule has 0 aliphatic heterocycles. The third-order valence-corrected chi connectivity index (χ3v) is 6.38. The molecule has 0 saturated heterocycles. The molecule has 0 bridgehead atoms. The minimum atomic E-state index is -0.533. The number of nitrogens with one attached hydrogen (secondary N) is 3. The zero-order chi connectivity index (χ0) is 24.1. The normalized spacial score (nSPS) is 11.7. The molecule has 0 saturated carbocycles. The quantitative estimate of drug-likeness (QED) is 0.284. The standard InChI is InChI=1S/C24H18F2N8S/c1-11(2)30-13-5-12(6-27-7-13)21-20(26)19-15(10-29-21)33-34-23(19)24-31-16-9-28-8-14(22(16)32-24)17-3-4-18(25)35-17/h3-11,30H,1-2H3,(H,31,32)(H,33,34). The molecular formula is C24H18F2N8S. The molecule has 0 radical (unpaired) electrons. The van der Waals surface area contributed by atoms with Gasteiger partial charge in [-0.15, -0.1) is 11.3 Å². The summed E-state index contributed by atoms with van der Waals surface area (Å²) < 4.78 is 29.5. The third-order valence-electron chi connectivity index (χ3n) is 5.47. The van der Waals surface area contributed by atoms with Gasteiger partial charge in [-0.1, -0.05) is 0 Å². The largest absolute Gasteiger partial charge is 0.382 e. The molecule has 0 atom stereocenters. The number of hydrogen-bond acceptors (Lipinski definition) is 7. The lowest BCUT2D eigenvalue weighted by molar-refractivity contribution is 0.638. The van der Waals surface area contributed by atoms with Crippen molar-refractivity contribution in [1.82, 2.24) is 35.1 Å². The highest BCUT2D eigenvalue weighted by atomic mass is 32.1. The number of nitrogens with zero attached hydrogens (tertiary/aromatic N) is 5. The summed E-state index contributed by atoms with van der Waals surface area (Å²) in [5, 5.41) is 10.4. The molecule has 0 aromatic carbocycles. The van der Waals surface area contributed by atoms with Crippen molar-refractivity contribution in [3.63, 3.8) is 0 Å². The van der Waals surface area contributed by atoms with Crippen LogP contribution in [-0.4, -0.2) is 41.2 Å². The van der Waals surface area contributed by atoms with Crippen molar-refractivity contribution in [2.75, 3.05) is 5.32 Å². The van der Waals surface area contributed by atoms with E-state index in [4.69, 9.17) is 0 Å². The fourth-order valence-corrected chi connectivity index (χ4v) is 4.76. The summed E-state index contributed by atoms with van der Waals surface area (Å²) in [7, 11) is 0. The van der Waals surface area contributed by atoms with E-state index in [2.05, 4.69) is 40.4 Å². The Morgan fingerprint density at radius 3 is 2.63 bits per heavy atom. The Balaban J connectivity index is 1.49. The first-order valence-electron chi connectivity index (χ1n) is 10.8. The van der Waals surface area contributed by atoms with Gasteiger partial charge in [0, 0.05) is 40.6 Å². The average molecular weight is 489 g/mol. The third kappa shape index (κ3) is 3.69. The molecule has 0 unspecified atom stereocenters. The zero-order valence-corrected chi connectivity index (χ0v) is 19.4. The number of pyridine rings is 3. The van der Waals surface area contributed by atoms with Crippen molar-refractivity contribution >= 4 is 39.0 Å². The van der Waals surface area contributed by atoms with Gasteiger partial charge in [0.25, 0.3) is 0 Å². The number of halogens is 2. The molecule has 3 N–H and O–H groups in total. The van der Waals surface area contributed by atoms with Gasteiger partial charge in [-0.25, -0.2) is 9.37 Å². The number of aromatic nitrogens is 7. The summed E-state index contributed by atoms with van der Waals surface area (Å²) in [5.74, 6) is -0.171. The number of aromatic amines is 2. The average Bonchev–Trinajstić information content (AvgIpc) is 3.56. The van der Waals surface area contributed by atoms with Crippen molar-refractivity contribution in [2.45, 2.75) is 19.9 Å². The Morgan fingerprint density at radius 2 is 1.83 bits per heavy atom. The van der Waals surface area contributed by atoms with Gasteiger partial charge in [-0.05, 0) is 32.0 Å². The number of H-pyrrole nitrogens is 2. The summed E-state index contributed by atoms with van der Waals surface area (Å²) in [6, 6.07) is 5.09. The van der Waals surface area contributed by atoms with Gasteiger partial charge < -0.3 is 10.3 Å². The number of fused-ring (bicyclic) bond motifs is 2. The lowest BCUT2D eigenvalue weighted by atomic mass is 10.1. The van der Waals surface area contributed by atoms with Crippen LogP contribution in [0.25, 0.3) is 55.2 Å². The van der Waals surface area contributed by atoms with Crippen molar-refractivity contribution in [3.05, 3.63) is 60.1 Å². The Hall–Kier alpha value is -4.25. The number of imidazole rings is 1. The molecule has 35 heavy (non-hydrogen) atoms. The summed E-state index contributed by atoms with van der Waals surface area (Å²) in [5.41, 5.74) is 4.13. The summed E-state index contributed by atoms with van der Waals surface area (Å²) in [6.07, 6.45) is 8.05. The summed E-state index contributed by atoms with van der Waals surface area (Å²) in [6.45, 7) is 4.02. The molecule has 0 amide bonds. The van der Waals surface area contributed by atoms with Crippen molar-refractivity contribution in [3.8, 4) is 33.2 Å². The number of rotatable bonds is 5. The van der Waals surface area contributed by atoms with Crippen molar-refractivity contribution in [1.29, 1.82) is 0 Å². The second-order valence-electron chi connectivity index (χ2n) is 8.32. The van der Waals surface area contributed by atoms with E-state index in [9.17, 15) is 4.39 Å². The molecule has 0 aliphatic carbocycles. The Morgan fingerprint density at radius 1 is 0.971 bits per heavy atom. The van der Waals surface area contributed by atoms with Crippen LogP contribution in [0.1, 0.15) is 13.8 Å². The first-order chi connectivity index (χ1) is 17.0. The maximum absolute atomic E-state index is 15.9. The van der Waals surface area contributed by atoms with Gasteiger partial charge in [-0.3, -0.25) is 20.1 Å². The van der Waals surface area contributed by atoms with Gasteiger partial charge in [0.2, 0.25) is 0 Å². The van der Waals surface area contributed by atoms with Crippen LogP contribution in [0.5, 0.6) is 0 Å². The van der Waals surface area contributed by atoms with Crippen LogP contribution in [0, 0.1) is 10.9 Å². The van der Waals surface area contributed by atoms with Crippen LogP contribution in [0.15, 0.2) is 49.2 Å². The fraction of sp³-hybridized carbons (Fsp3) is 0.125. The second-order valence-corrected chi connectivity index (χ2v) is 9.35. The second kappa shape index (κ2) is 8.20. The minimum absolute atomic E-state index is 0.160. The lowest BCUT2D eigenvalue weighted by Crippen LogP contribution is -2.09. The topological polar surface area (TPSA) is 108 Å². The fourth-order valence-electron chi connectivity index (χ4n) is 4.01. The smallest absolute Gasteiger partial charge is 0.176 e. The SMILES string of the molecule is CC(C)Nc1cncc(-c2ncc3[nH]nc(-c4nc5c(-c6ccc(F)s6)cncc5[nH]4)c3c2F)c1. The first kappa shape index (κ1) is 21.3. The zero-order valence-electron chi connectivity index (χ0n) is 18.6. The van der Waals surface area contributed by atoms with Gasteiger partial charge in [0.05, 0.1) is 34.5 Å². The number of thiophene rings is 1. The van der Waals surface area contributed by atoms with E-state index in [1.54, 1.807) is 30.9 Å². The molecule has 6 heterocycles. The Labute approximate surface area is 201 Å². The molecule has 6 rings (SSSR count). The van der Waals surface area contributed by atoms with Crippen LogP contribution in [0.2, 0.25) is 0 Å². The maximum atomic E-state index is 15.9. The highest BCUT2D eigenvalue weighted by molar-refractivity contribution is 7.14. The predicted molar refractivity (Wildman–Crippen MR) is 132 cm³/mol. The van der Waals surface area contributed by atoms with E-state index in [0.717, 1.165) is 17.0 Å². The molecule has 0 aliphatic rings. The lowest BCUT2D eigenvalue weighted by Gasteiger charge is -2.11. The molecule has 6 aromatic rings. The highest BCUT2D eigenvalue weighted by Crippen LogP contribution is 2.35. The van der Waals surface area contributed by atoms with Gasteiger partial charge in [0.1, 0.15) is 16.9 Å². The summed E-state index contributed by atoms with van der Waals surface area (Å²) >= 11 is 1.01. The molecule has 11 heteroatoms. The monoisotopic (exact) mass is 488 g/mol. The van der Waals surface area contributed by atoms with E-state index in [1.807, 2.05) is 19.9 Å². The number of anilines is 1. The van der Waals surface area contributed by atoms with E-state index < -0.39 is 5.82 Å². The van der Waals surface area contributed by atoms with Gasteiger partial charge in [-0.2, -0.15) is 9.49 Å². The number of hydrogen-bond donors (Lipinski definition) is 3. The summed E-state index contributed by atoms with van der Waals surface area (Å²) in [4.78, 5) is 21.3. The molecule has 8 nitrogen and oxygen atoms in total. The van der Waals surface area contributed by atoms with Crippen LogP contribution < -0.4 is 5.32 Å². The Kier molecular flexibility index (Phi) is 4.99. The molecule has 0 spiro atoms. The maximum Gasteiger partial charge on any atom is 0.176 e. The molecule has 174 valence electrons.